The van der Waals surface area contributed by atoms with Crippen LogP contribution in [0.3, 0.4) is 0 Å². The highest BCUT2D eigenvalue weighted by molar-refractivity contribution is 7.90. The van der Waals surface area contributed by atoms with Crippen LogP contribution < -0.4 is 15.4 Å². The first-order chi connectivity index (χ1) is 12.0. The Kier molecular flexibility index (Phi) is 8.19. The molecule has 0 spiro atoms. The van der Waals surface area contributed by atoms with Gasteiger partial charge in [0.2, 0.25) is 0 Å². The van der Waals surface area contributed by atoms with Gasteiger partial charge in [0.25, 0.3) is 0 Å². The fourth-order valence-corrected chi connectivity index (χ4v) is 2.80. The molecule has 0 aromatic heterocycles. The zero-order chi connectivity index (χ0) is 19.8. The third-order valence-electron chi connectivity index (χ3n) is 3.34. The van der Waals surface area contributed by atoms with E-state index in [1.54, 1.807) is 25.2 Å². The molecule has 2 N–H and O–H groups in total. The molecule has 1 unspecified atom stereocenters. The molecule has 0 aliphatic carbocycles. The average Bonchev–Trinajstić information content (AvgIpc) is 2.54. The molecule has 1 rings (SSSR count). The molecule has 26 heavy (non-hydrogen) atoms. The summed E-state index contributed by atoms with van der Waals surface area (Å²) in [6.45, 7) is 0.657. The molecule has 6 nitrogen and oxygen atoms in total. The fourth-order valence-electron chi connectivity index (χ4n) is 2.02. The normalized spacial score (nSPS) is 14.0. The van der Waals surface area contributed by atoms with E-state index in [0.717, 1.165) is 0 Å². The number of aliphatic imine (C=N–C) groups is 1. The van der Waals surface area contributed by atoms with E-state index in [9.17, 15) is 21.6 Å². The molecule has 10 heteroatoms. The van der Waals surface area contributed by atoms with Gasteiger partial charge in [0, 0.05) is 31.5 Å². The highest BCUT2D eigenvalue weighted by atomic mass is 32.2. The average molecular weight is 395 g/mol. The van der Waals surface area contributed by atoms with Crippen molar-refractivity contribution < 1.29 is 26.3 Å². The van der Waals surface area contributed by atoms with Gasteiger partial charge in [-0.1, -0.05) is 18.2 Å². The van der Waals surface area contributed by atoms with Crippen molar-refractivity contribution in [2.45, 2.75) is 32.1 Å². The van der Waals surface area contributed by atoms with E-state index in [1.807, 2.05) is 6.92 Å². The number of para-hydroxylation sites is 1. The van der Waals surface area contributed by atoms with Crippen molar-refractivity contribution in [3.63, 3.8) is 0 Å². The first kappa shape index (κ1) is 22.1. The summed E-state index contributed by atoms with van der Waals surface area (Å²) in [6.07, 6.45) is -2.83. The Hall–Kier alpha value is -1.97. The highest BCUT2D eigenvalue weighted by Crippen LogP contribution is 2.22. The number of benzene rings is 1. The summed E-state index contributed by atoms with van der Waals surface area (Å²) in [4.78, 5) is 4.03. The summed E-state index contributed by atoms with van der Waals surface area (Å²) in [7, 11) is -1.50. The standard InChI is InChI=1S/C16H24F3N3O3S/c1-12(8-9-26(3,23)24)22-15(20-2)21-10-13-6-4-5-7-14(13)25-11-16(17,18)19/h4-7,12H,8-11H2,1-3H3,(H2,20,21,22). The Labute approximate surface area is 151 Å². The number of hydrogen-bond donors (Lipinski definition) is 2. The smallest absolute Gasteiger partial charge is 0.422 e. The number of sulfone groups is 1. The lowest BCUT2D eigenvalue weighted by atomic mass is 10.2. The van der Waals surface area contributed by atoms with Crippen LogP contribution >= 0.6 is 0 Å². The van der Waals surface area contributed by atoms with Gasteiger partial charge in [0.05, 0.1) is 5.75 Å². The van der Waals surface area contributed by atoms with Crippen molar-refractivity contribution in [2.24, 2.45) is 4.99 Å². The Balaban J connectivity index is 2.61. The van der Waals surface area contributed by atoms with Crippen LogP contribution in [0.2, 0.25) is 0 Å². The predicted octanol–water partition coefficient (Wildman–Crippen LogP) is 2.12. The molecule has 0 fully saturated rings. The second kappa shape index (κ2) is 9.65. The van der Waals surface area contributed by atoms with E-state index in [4.69, 9.17) is 4.74 Å². The van der Waals surface area contributed by atoms with Gasteiger partial charge >= 0.3 is 6.18 Å². The van der Waals surface area contributed by atoms with Crippen molar-refractivity contribution in [2.75, 3.05) is 25.7 Å². The second-order valence-corrected chi connectivity index (χ2v) is 8.16. The van der Waals surface area contributed by atoms with E-state index in [2.05, 4.69) is 15.6 Å². The van der Waals surface area contributed by atoms with Crippen molar-refractivity contribution >= 4 is 15.8 Å². The van der Waals surface area contributed by atoms with E-state index < -0.39 is 22.6 Å². The first-order valence-corrected chi connectivity index (χ1v) is 9.98. The Morgan fingerprint density at radius 1 is 1.31 bits per heavy atom. The zero-order valence-corrected chi connectivity index (χ0v) is 15.7. The number of halogens is 3. The van der Waals surface area contributed by atoms with Gasteiger partial charge < -0.3 is 15.4 Å². The van der Waals surface area contributed by atoms with Gasteiger partial charge in [0.1, 0.15) is 15.6 Å². The molecule has 1 atom stereocenters. The largest absolute Gasteiger partial charge is 0.484 e. The summed E-state index contributed by atoms with van der Waals surface area (Å²) in [5.41, 5.74) is 0.545. The molecule has 1 aromatic carbocycles. The molecule has 1 aromatic rings. The first-order valence-electron chi connectivity index (χ1n) is 7.92. The summed E-state index contributed by atoms with van der Waals surface area (Å²) in [5.74, 6) is 0.598. The van der Waals surface area contributed by atoms with Crippen LogP contribution in [0.4, 0.5) is 13.2 Å². The van der Waals surface area contributed by atoms with Crippen molar-refractivity contribution in [3.8, 4) is 5.75 Å². The topological polar surface area (TPSA) is 79.8 Å². The number of rotatable bonds is 8. The number of ether oxygens (including phenoxy) is 1. The summed E-state index contributed by atoms with van der Waals surface area (Å²) < 4.78 is 64.2. The Morgan fingerprint density at radius 2 is 1.96 bits per heavy atom. The molecule has 0 saturated heterocycles. The quantitative estimate of drug-likeness (QED) is 0.521. The molecular weight excluding hydrogens is 371 g/mol. The molecule has 148 valence electrons. The van der Waals surface area contributed by atoms with Crippen LogP contribution in [-0.4, -0.2) is 52.3 Å². The maximum absolute atomic E-state index is 12.3. The van der Waals surface area contributed by atoms with E-state index in [0.29, 0.717) is 17.9 Å². The minimum absolute atomic E-state index is 0.0479. The number of alkyl halides is 3. The number of hydrogen-bond acceptors (Lipinski definition) is 4. The molecule has 0 radical (unpaired) electrons. The van der Waals surface area contributed by atoms with E-state index in [1.165, 1.54) is 12.3 Å². The van der Waals surface area contributed by atoms with Crippen molar-refractivity contribution in [3.05, 3.63) is 29.8 Å². The Bertz CT molecular complexity index is 706. The molecule has 0 amide bonds. The van der Waals surface area contributed by atoms with Crippen molar-refractivity contribution in [1.82, 2.24) is 10.6 Å². The molecule has 0 saturated carbocycles. The molecule has 0 aliphatic rings. The van der Waals surface area contributed by atoms with Gasteiger partial charge in [-0.25, -0.2) is 8.42 Å². The minimum atomic E-state index is -4.41. The maximum Gasteiger partial charge on any atom is 0.422 e. The van der Waals surface area contributed by atoms with Crippen LogP contribution in [0.5, 0.6) is 5.75 Å². The molecular formula is C16H24F3N3O3S. The SMILES string of the molecule is CN=C(NCc1ccccc1OCC(F)(F)F)NC(C)CCS(C)(=O)=O. The van der Waals surface area contributed by atoms with E-state index >= 15 is 0 Å². The monoisotopic (exact) mass is 395 g/mol. The summed E-state index contributed by atoms with van der Waals surface area (Å²) in [6, 6.07) is 6.26. The van der Waals surface area contributed by atoms with Crippen molar-refractivity contribution in [1.29, 1.82) is 0 Å². The number of nitrogens with one attached hydrogen (secondary N) is 2. The lowest BCUT2D eigenvalue weighted by Gasteiger charge is -2.19. The maximum atomic E-state index is 12.3. The molecule has 0 heterocycles. The lowest BCUT2D eigenvalue weighted by molar-refractivity contribution is -0.153. The van der Waals surface area contributed by atoms with Crippen LogP contribution in [0, 0.1) is 0 Å². The van der Waals surface area contributed by atoms with Crippen LogP contribution in [-0.2, 0) is 16.4 Å². The zero-order valence-electron chi connectivity index (χ0n) is 14.9. The predicted molar refractivity (Wildman–Crippen MR) is 95.1 cm³/mol. The van der Waals surface area contributed by atoms with Gasteiger partial charge in [-0.2, -0.15) is 13.2 Å². The Morgan fingerprint density at radius 3 is 2.54 bits per heavy atom. The summed E-state index contributed by atoms with van der Waals surface area (Å²) >= 11 is 0. The third-order valence-corrected chi connectivity index (χ3v) is 4.32. The van der Waals surface area contributed by atoms with Gasteiger partial charge in [-0.15, -0.1) is 0 Å². The van der Waals surface area contributed by atoms with E-state index in [-0.39, 0.29) is 24.1 Å². The lowest BCUT2D eigenvalue weighted by Crippen LogP contribution is -2.42. The van der Waals surface area contributed by atoms with Crippen LogP contribution in [0.15, 0.2) is 29.3 Å². The second-order valence-electron chi connectivity index (χ2n) is 5.90. The van der Waals surface area contributed by atoms with Gasteiger partial charge in [0.15, 0.2) is 12.6 Å². The third kappa shape index (κ3) is 9.50. The number of nitrogens with zero attached hydrogens (tertiary/aromatic N) is 1. The highest BCUT2D eigenvalue weighted by Gasteiger charge is 2.28. The van der Waals surface area contributed by atoms with Gasteiger partial charge in [-0.3, -0.25) is 4.99 Å². The molecule has 0 aliphatic heterocycles. The molecule has 0 bridgehead atoms. The number of guanidine groups is 1. The van der Waals surface area contributed by atoms with Crippen LogP contribution in [0.1, 0.15) is 18.9 Å². The summed E-state index contributed by atoms with van der Waals surface area (Å²) in [5, 5.41) is 6.02. The van der Waals surface area contributed by atoms with Crippen LogP contribution in [0.25, 0.3) is 0 Å². The fraction of sp³-hybridized carbons (Fsp3) is 0.562. The van der Waals surface area contributed by atoms with Gasteiger partial charge in [-0.05, 0) is 19.4 Å². The minimum Gasteiger partial charge on any atom is -0.484 e.